The topological polar surface area (TPSA) is 395 Å². The van der Waals surface area contributed by atoms with Crippen molar-refractivity contribution in [3.05, 3.63) is 248 Å². The van der Waals surface area contributed by atoms with Crippen LogP contribution in [0.2, 0.25) is 0 Å². The van der Waals surface area contributed by atoms with Gasteiger partial charge >= 0.3 is 0 Å². The van der Waals surface area contributed by atoms with Crippen LogP contribution in [-0.4, -0.2) is 240 Å². The summed E-state index contributed by atoms with van der Waals surface area (Å²) >= 11 is 0. The summed E-state index contributed by atoms with van der Waals surface area (Å²) in [5, 5.41) is 18.7. The third-order valence-corrected chi connectivity index (χ3v) is 23.5. The predicted octanol–water partition coefficient (Wildman–Crippen LogP) is 11.5. The molecule has 6 fully saturated rings. The van der Waals surface area contributed by atoms with Crippen LogP contribution in [0.3, 0.4) is 0 Å². The van der Waals surface area contributed by atoms with Crippen LogP contribution in [0.15, 0.2) is 214 Å². The zero-order valence-electron chi connectivity index (χ0n) is 73.4. The van der Waals surface area contributed by atoms with Gasteiger partial charge in [-0.15, -0.1) is 0 Å². The van der Waals surface area contributed by atoms with E-state index in [2.05, 4.69) is 51.8 Å². The van der Waals surface area contributed by atoms with Crippen molar-refractivity contribution in [2.24, 2.45) is 22.9 Å². The molecule has 10 heterocycles. The van der Waals surface area contributed by atoms with Gasteiger partial charge in [-0.2, -0.15) is 20.4 Å². The molecule has 6 aliphatic heterocycles. The number of benzene rings is 6. The van der Waals surface area contributed by atoms with Crippen molar-refractivity contribution in [3.63, 3.8) is 0 Å². The van der Waals surface area contributed by atoms with Crippen molar-refractivity contribution < 1.29 is 71.2 Å². The van der Waals surface area contributed by atoms with Gasteiger partial charge < -0.3 is 71.1 Å². The molecular weight excluding hydrogens is 1670 g/mol. The number of hydrogen-bond acceptors (Lipinski definition) is 19. The Hall–Kier alpha value is -14.6. The summed E-state index contributed by atoms with van der Waals surface area (Å²) in [6, 6.07) is 44.2. The van der Waals surface area contributed by atoms with Gasteiger partial charge in [0.2, 0.25) is 17.7 Å². The number of amides is 9. The van der Waals surface area contributed by atoms with Crippen LogP contribution < -0.4 is 37.1 Å². The highest BCUT2D eigenvalue weighted by atomic mass is 19.1. The van der Waals surface area contributed by atoms with Crippen molar-refractivity contribution in [1.82, 2.24) is 68.5 Å². The van der Waals surface area contributed by atoms with Gasteiger partial charge in [0.25, 0.3) is 35.4 Å². The molecule has 4 atom stereocenters. The Kier molecular flexibility index (Phi) is 32.6. The molecule has 9 amide bonds. The summed E-state index contributed by atoms with van der Waals surface area (Å²) in [5.41, 5.74) is 29.4. The molecule has 0 saturated carbocycles. The zero-order valence-corrected chi connectivity index (χ0v) is 73.4. The van der Waals surface area contributed by atoms with E-state index in [0.717, 1.165) is 113 Å². The van der Waals surface area contributed by atoms with Crippen molar-refractivity contribution >= 4 is 53.2 Å². The molecule has 6 aliphatic rings. The Bertz CT molecular complexity index is 5770. The normalized spacial score (nSPS) is 17.3. The van der Waals surface area contributed by atoms with Gasteiger partial charge in [-0.05, 0) is 204 Å². The summed E-state index contributed by atoms with van der Waals surface area (Å²) < 4.78 is 48.1. The highest BCUT2D eigenvalue weighted by Crippen LogP contribution is 2.36. The van der Waals surface area contributed by atoms with Crippen LogP contribution in [0, 0.1) is 17.7 Å². The molecule has 33 heteroatoms. The fourth-order valence-corrected chi connectivity index (χ4v) is 16.5. The molecule has 0 spiro atoms. The number of morpholine rings is 1. The van der Waals surface area contributed by atoms with Crippen molar-refractivity contribution in [3.8, 4) is 85.6 Å². The fraction of sp³-hybridized carbons (Fsp3) is 0.337. The SMILES string of the molecule is C=CC(=O)N1CCC[C@@H](n2cc(C(N)=O)c(-c3ccc(C(=O)N4CCCCC4)cc3)n2)C1.C=CC(=O)N1CCC[C@@H](n2cc(C(N)=O)c(-c3ccc(OCCOC)cc3)n2)C1.C=CC(=O)N1CCC[C@@H](n2cc(C(N)=O)c(-c3ccc(Oc4ccccc4F)cc3)n2)C1.NC(=O)c1cn([C@@H]2CCCN(C(=O)C#CCN3CCOCC3)C2)nc1-c1ccc(Oc2ccccc2)cc1. The minimum absolute atomic E-state index is 0.0175. The number of nitrogens with two attached hydrogens (primary N) is 4. The number of piperidine rings is 5. The van der Waals surface area contributed by atoms with Gasteiger partial charge in [0.15, 0.2) is 11.6 Å². The summed E-state index contributed by atoms with van der Waals surface area (Å²) in [6.07, 6.45) is 20.6. The lowest BCUT2D eigenvalue weighted by atomic mass is 10.0. The number of primary amides is 4. The molecule has 0 radical (unpaired) electrons. The fourth-order valence-electron chi connectivity index (χ4n) is 16.5. The lowest BCUT2D eigenvalue weighted by molar-refractivity contribution is -0.128. The van der Waals surface area contributed by atoms with E-state index in [1.165, 1.54) is 30.7 Å². The Labute approximate surface area is 759 Å². The second kappa shape index (κ2) is 45.4. The Morgan fingerprint density at radius 2 is 0.779 bits per heavy atom. The first kappa shape index (κ1) is 94.0. The lowest BCUT2D eigenvalue weighted by Gasteiger charge is -2.32. The number of ether oxygens (including phenoxy) is 5. The first-order valence-corrected chi connectivity index (χ1v) is 43.9. The number of para-hydroxylation sites is 2. The van der Waals surface area contributed by atoms with Crippen LogP contribution >= 0.6 is 0 Å². The molecule has 0 bridgehead atoms. The number of carbonyl (C=O) groups is 9. The number of aromatic nitrogens is 8. The maximum atomic E-state index is 13.8. The maximum Gasteiger partial charge on any atom is 0.298 e. The van der Waals surface area contributed by atoms with Crippen LogP contribution in [0.5, 0.6) is 28.7 Å². The number of hydrogen-bond donors (Lipinski definition) is 4. The monoisotopic (exact) mass is 1780 g/mol. The highest BCUT2D eigenvalue weighted by molar-refractivity contribution is 6.02. The van der Waals surface area contributed by atoms with E-state index >= 15 is 0 Å². The first-order chi connectivity index (χ1) is 63.5. The van der Waals surface area contributed by atoms with Crippen LogP contribution in [0.25, 0.3) is 45.0 Å². The number of halogens is 1. The standard InChI is InChI=1S/C29H31N5O4.C24H23FN4O3.C24H29N5O3.C21H26N4O4/c30-29(36)26-21-34(31-28(26)22-10-12-25(13-11-22)38-24-7-2-1-3-8-24)23-6-4-15-33(20-23)27(35)9-5-14-32-16-18-37-19-17-32;1-2-22(30)28-13-5-6-17(14-28)29-15-19(24(26)31)23(27-29)16-9-11-18(12-10-16)32-21-8-4-3-7-20(21)25;1-2-21(30)28-14-6-7-19(15-28)29-16-20(23(25)31)22(26-29)17-8-10-18(11-9-17)24(32)27-12-4-3-5-13-27;1-3-19(26)24-10-4-5-16(13-24)25-14-18(21(22)27)20(23-25)15-6-8-17(9-7-15)29-12-11-28-2/h1-3,7-8,10-13,21,23H,4,6,14-20H2,(H2,30,36);2-4,7-12,15,17H,1,5-6,13-14H2,(H2,26,31);2,8-11,16,19H,1,3-7,12-15H2,(H2,25,31);3,6-9,14,16H,1,4-5,10-13H2,2H3,(H2,22,27)/t23-;17-;19-;16-/m1111/s1. The zero-order chi connectivity index (χ0) is 92.5. The molecular formula is C98H109FN18O14. The minimum Gasteiger partial charge on any atom is -0.491 e. The molecule has 0 unspecified atom stereocenters. The van der Waals surface area contributed by atoms with E-state index in [1.807, 2.05) is 95.9 Å². The molecule has 16 rings (SSSR count). The second-order valence-electron chi connectivity index (χ2n) is 32.3. The Morgan fingerprint density at radius 1 is 0.420 bits per heavy atom. The second-order valence-corrected chi connectivity index (χ2v) is 32.3. The Balaban J connectivity index is 0.000000149. The number of nitrogens with zero attached hydrogens (tertiary/aromatic N) is 14. The van der Waals surface area contributed by atoms with Crippen LogP contribution in [0.1, 0.15) is 147 Å². The van der Waals surface area contributed by atoms with Crippen molar-refractivity contribution in [2.45, 2.75) is 94.8 Å². The van der Waals surface area contributed by atoms with Gasteiger partial charge in [-0.3, -0.25) is 66.8 Å². The molecule has 6 aromatic carbocycles. The van der Waals surface area contributed by atoms with Crippen molar-refractivity contribution in [1.29, 1.82) is 0 Å². The molecule has 4 aromatic heterocycles. The smallest absolute Gasteiger partial charge is 0.298 e. The molecule has 32 nitrogen and oxygen atoms in total. The average molecular weight is 1780 g/mol. The largest absolute Gasteiger partial charge is 0.491 e. The van der Waals surface area contributed by atoms with Crippen LogP contribution in [0.4, 0.5) is 4.39 Å². The molecule has 682 valence electrons. The predicted molar refractivity (Wildman–Crippen MR) is 490 cm³/mol. The van der Waals surface area contributed by atoms with E-state index in [0.29, 0.717) is 159 Å². The molecule has 8 N–H and O–H groups in total. The minimum atomic E-state index is -0.590. The van der Waals surface area contributed by atoms with Gasteiger partial charge in [-0.25, -0.2) is 4.39 Å². The van der Waals surface area contributed by atoms with Crippen LogP contribution in [-0.2, 0) is 28.7 Å². The summed E-state index contributed by atoms with van der Waals surface area (Å²) in [6.45, 7) is 21.6. The molecule has 6 saturated heterocycles. The van der Waals surface area contributed by atoms with Crippen molar-refractivity contribution in [2.75, 3.05) is 119 Å². The van der Waals surface area contributed by atoms with E-state index in [1.54, 1.807) is 125 Å². The average Bonchev–Trinajstić information content (AvgIpc) is 1.68. The molecule has 0 aliphatic carbocycles. The van der Waals surface area contributed by atoms with Gasteiger partial charge in [-0.1, -0.05) is 68.1 Å². The molecule has 10 aromatic rings. The summed E-state index contributed by atoms with van der Waals surface area (Å²) in [7, 11) is 1.62. The first-order valence-electron chi connectivity index (χ1n) is 43.9. The summed E-state index contributed by atoms with van der Waals surface area (Å²) in [4.78, 5) is 121. The van der Waals surface area contributed by atoms with Gasteiger partial charge in [0.05, 0.1) is 72.8 Å². The van der Waals surface area contributed by atoms with E-state index < -0.39 is 29.4 Å². The number of likely N-dealkylation sites (tertiary alicyclic amines) is 5. The third-order valence-electron chi connectivity index (χ3n) is 23.5. The maximum absolute atomic E-state index is 13.8. The van der Waals surface area contributed by atoms with E-state index in [9.17, 15) is 47.5 Å². The highest BCUT2D eigenvalue weighted by Gasteiger charge is 2.33. The molecule has 131 heavy (non-hydrogen) atoms. The van der Waals surface area contributed by atoms with Gasteiger partial charge in [0, 0.05) is 138 Å². The van der Waals surface area contributed by atoms with Gasteiger partial charge in [0.1, 0.15) is 52.4 Å². The Morgan fingerprint density at radius 3 is 1.18 bits per heavy atom. The third kappa shape index (κ3) is 24.6. The number of rotatable bonds is 25. The number of carbonyl (C=O) groups excluding carboxylic acids is 9. The van der Waals surface area contributed by atoms with E-state index in [-0.39, 0.29) is 59.5 Å². The lowest BCUT2D eigenvalue weighted by Crippen LogP contribution is -2.40. The number of methoxy groups -OCH3 is 1. The quantitative estimate of drug-likeness (QED) is 0.0234. The summed E-state index contributed by atoms with van der Waals surface area (Å²) in [5.74, 6) is 5.33. The van der Waals surface area contributed by atoms with E-state index in [4.69, 9.17) is 51.7 Å².